The highest BCUT2D eigenvalue weighted by Gasteiger charge is 2.22. The predicted octanol–water partition coefficient (Wildman–Crippen LogP) is 0.941. The van der Waals surface area contributed by atoms with Gasteiger partial charge in [-0.2, -0.15) is 0 Å². The molecule has 4 nitrogen and oxygen atoms in total. The lowest BCUT2D eigenvalue weighted by Gasteiger charge is -2.22. The van der Waals surface area contributed by atoms with Gasteiger partial charge in [-0.05, 0) is 19.1 Å². The summed E-state index contributed by atoms with van der Waals surface area (Å²) in [5.41, 5.74) is 5.29. The molecule has 0 aliphatic rings. The lowest BCUT2D eigenvalue weighted by atomic mass is 10.3. The summed E-state index contributed by atoms with van der Waals surface area (Å²) in [6, 6.07) is 5.78. The summed E-state index contributed by atoms with van der Waals surface area (Å²) in [4.78, 5) is 0. The normalized spacial score (nSPS) is 11.4. The molecule has 1 aromatic rings. The molecule has 0 bridgehead atoms. The van der Waals surface area contributed by atoms with Gasteiger partial charge in [0.15, 0.2) is 0 Å². The number of anilines is 1. The molecule has 0 saturated carbocycles. The molecule has 0 aromatic heterocycles. The van der Waals surface area contributed by atoms with E-state index in [9.17, 15) is 12.8 Å². The number of sulfonamides is 1. The summed E-state index contributed by atoms with van der Waals surface area (Å²) < 4.78 is 38.1. The number of halogens is 1. The van der Waals surface area contributed by atoms with Crippen LogP contribution in [0.3, 0.4) is 0 Å². The highest BCUT2D eigenvalue weighted by Crippen LogP contribution is 2.21. The molecular formula is C10H15FN2O2S. The zero-order chi connectivity index (χ0) is 12.2. The van der Waals surface area contributed by atoms with Gasteiger partial charge in [-0.3, -0.25) is 4.31 Å². The van der Waals surface area contributed by atoms with Crippen molar-refractivity contribution in [1.82, 2.24) is 0 Å². The van der Waals surface area contributed by atoms with Crippen LogP contribution >= 0.6 is 0 Å². The van der Waals surface area contributed by atoms with Crippen molar-refractivity contribution in [2.75, 3.05) is 23.1 Å². The van der Waals surface area contributed by atoms with Gasteiger partial charge in [-0.15, -0.1) is 0 Å². The molecule has 0 aliphatic carbocycles. The van der Waals surface area contributed by atoms with Crippen LogP contribution in [0.1, 0.15) is 6.92 Å². The maximum Gasteiger partial charge on any atom is 0.236 e. The van der Waals surface area contributed by atoms with Gasteiger partial charge in [-0.1, -0.05) is 12.1 Å². The minimum absolute atomic E-state index is 0.0211. The predicted molar refractivity (Wildman–Crippen MR) is 62.3 cm³/mol. The summed E-state index contributed by atoms with van der Waals surface area (Å²) in [5, 5.41) is 0. The molecule has 16 heavy (non-hydrogen) atoms. The van der Waals surface area contributed by atoms with E-state index in [1.54, 1.807) is 13.0 Å². The molecule has 2 N–H and O–H groups in total. The van der Waals surface area contributed by atoms with Crippen molar-refractivity contribution in [2.24, 2.45) is 5.73 Å². The summed E-state index contributed by atoms with van der Waals surface area (Å²) in [7, 11) is -3.53. The minimum Gasteiger partial charge on any atom is -0.329 e. The van der Waals surface area contributed by atoms with Crippen LogP contribution in [0.25, 0.3) is 0 Å². The van der Waals surface area contributed by atoms with E-state index in [2.05, 4.69) is 0 Å². The topological polar surface area (TPSA) is 63.4 Å². The van der Waals surface area contributed by atoms with Gasteiger partial charge in [0.2, 0.25) is 10.0 Å². The van der Waals surface area contributed by atoms with Crippen molar-refractivity contribution < 1.29 is 12.8 Å². The third kappa shape index (κ3) is 2.70. The van der Waals surface area contributed by atoms with Crippen molar-refractivity contribution in [3.05, 3.63) is 30.1 Å². The van der Waals surface area contributed by atoms with Crippen LogP contribution in [0.4, 0.5) is 10.1 Å². The Labute approximate surface area is 94.9 Å². The SMILES string of the molecule is CCN(c1ccccc1F)S(=O)(=O)CCN. The summed E-state index contributed by atoms with van der Waals surface area (Å²) in [5.74, 6) is -0.736. The number of nitrogens with two attached hydrogens (primary N) is 1. The summed E-state index contributed by atoms with van der Waals surface area (Å²) in [6.45, 7) is 1.86. The Morgan fingerprint density at radius 1 is 1.38 bits per heavy atom. The van der Waals surface area contributed by atoms with Crippen molar-refractivity contribution in [3.63, 3.8) is 0 Å². The molecule has 0 saturated heterocycles. The van der Waals surface area contributed by atoms with Crippen LogP contribution in [0.5, 0.6) is 0 Å². The second kappa shape index (κ2) is 5.27. The summed E-state index contributed by atoms with van der Waals surface area (Å²) in [6.07, 6.45) is 0. The highest BCUT2D eigenvalue weighted by atomic mass is 32.2. The fourth-order valence-corrected chi connectivity index (χ4v) is 2.79. The molecule has 0 atom stereocenters. The van der Waals surface area contributed by atoms with Crippen molar-refractivity contribution in [3.8, 4) is 0 Å². The third-order valence-electron chi connectivity index (χ3n) is 2.12. The van der Waals surface area contributed by atoms with Crippen LogP contribution in [0.15, 0.2) is 24.3 Å². The Hall–Kier alpha value is -1.14. The number of hydrogen-bond donors (Lipinski definition) is 1. The van der Waals surface area contributed by atoms with Crippen LogP contribution in [0.2, 0.25) is 0 Å². The Balaban J connectivity index is 3.14. The van der Waals surface area contributed by atoms with Crippen molar-refractivity contribution >= 4 is 15.7 Å². The number of benzene rings is 1. The van der Waals surface area contributed by atoms with E-state index >= 15 is 0 Å². The maximum absolute atomic E-state index is 13.5. The van der Waals surface area contributed by atoms with E-state index in [4.69, 9.17) is 5.73 Å². The van der Waals surface area contributed by atoms with Crippen LogP contribution in [0, 0.1) is 5.82 Å². The average Bonchev–Trinajstić information content (AvgIpc) is 2.21. The number of hydrogen-bond acceptors (Lipinski definition) is 3. The van der Waals surface area contributed by atoms with Crippen LogP contribution in [-0.4, -0.2) is 27.3 Å². The monoisotopic (exact) mass is 246 g/mol. The second-order valence-corrected chi connectivity index (χ2v) is 5.23. The van der Waals surface area contributed by atoms with Gasteiger partial charge >= 0.3 is 0 Å². The zero-order valence-electron chi connectivity index (χ0n) is 9.06. The second-order valence-electron chi connectivity index (χ2n) is 3.22. The molecule has 0 radical (unpaired) electrons. The Kier molecular flexibility index (Phi) is 4.26. The van der Waals surface area contributed by atoms with E-state index in [1.165, 1.54) is 18.2 Å². The Bertz CT molecular complexity index is 448. The van der Waals surface area contributed by atoms with E-state index in [0.29, 0.717) is 0 Å². The van der Waals surface area contributed by atoms with E-state index in [1.807, 2.05) is 0 Å². The van der Waals surface area contributed by atoms with Gasteiger partial charge in [0, 0.05) is 13.1 Å². The number of para-hydroxylation sites is 1. The fraction of sp³-hybridized carbons (Fsp3) is 0.400. The molecule has 1 aromatic carbocycles. The molecule has 0 unspecified atom stereocenters. The van der Waals surface area contributed by atoms with E-state index in [0.717, 1.165) is 4.31 Å². The summed E-state index contributed by atoms with van der Waals surface area (Å²) >= 11 is 0. The van der Waals surface area contributed by atoms with E-state index < -0.39 is 15.8 Å². The van der Waals surface area contributed by atoms with Gasteiger partial charge in [0.25, 0.3) is 0 Å². The molecule has 0 amide bonds. The Morgan fingerprint density at radius 2 is 2.00 bits per heavy atom. The molecular weight excluding hydrogens is 231 g/mol. The first-order valence-corrected chi connectivity index (χ1v) is 6.59. The highest BCUT2D eigenvalue weighted by molar-refractivity contribution is 7.92. The Morgan fingerprint density at radius 3 is 2.50 bits per heavy atom. The number of rotatable bonds is 5. The largest absolute Gasteiger partial charge is 0.329 e. The van der Waals surface area contributed by atoms with Gasteiger partial charge in [0.1, 0.15) is 5.82 Å². The van der Waals surface area contributed by atoms with E-state index in [-0.39, 0.29) is 24.5 Å². The lowest BCUT2D eigenvalue weighted by Crippen LogP contribution is -2.35. The molecule has 1 rings (SSSR count). The van der Waals surface area contributed by atoms with Crippen LogP contribution in [-0.2, 0) is 10.0 Å². The van der Waals surface area contributed by atoms with Crippen molar-refractivity contribution in [2.45, 2.75) is 6.92 Å². The van der Waals surface area contributed by atoms with Gasteiger partial charge in [-0.25, -0.2) is 12.8 Å². The maximum atomic E-state index is 13.5. The lowest BCUT2D eigenvalue weighted by molar-refractivity contribution is 0.586. The average molecular weight is 246 g/mol. The quantitative estimate of drug-likeness (QED) is 0.841. The third-order valence-corrected chi connectivity index (χ3v) is 4.00. The molecule has 0 fully saturated rings. The zero-order valence-corrected chi connectivity index (χ0v) is 9.87. The van der Waals surface area contributed by atoms with Crippen LogP contribution < -0.4 is 10.0 Å². The first kappa shape index (κ1) is 12.9. The molecule has 0 heterocycles. The van der Waals surface area contributed by atoms with Gasteiger partial charge < -0.3 is 5.73 Å². The molecule has 0 aliphatic heterocycles. The first-order valence-electron chi connectivity index (χ1n) is 4.98. The minimum atomic E-state index is -3.53. The molecule has 90 valence electrons. The standard InChI is InChI=1S/C10H15FN2O2S/c1-2-13(16(14,15)8-7-12)10-6-4-3-5-9(10)11/h3-6H,2,7-8,12H2,1H3. The number of nitrogens with zero attached hydrogens (tertiary/aromatic N) is 1. The smallest absolute Gasteiger partial charge is 0.236 e. The first-order chi connectivity index (χ1) is 7.53. The molecule has 6 heteroatoms. The molecule has 0 spiro atoms. The van der Waals surface area contributed by atoms with Gasteiger partial charge in [0.05, 0.1) is 11.4 Å². The van der Waals surface area contributed by atoms with Crippen molar-refractivity contribution in [1.29, 1.82) is 0 Å². The fourth-order valence-electron chi connectivity index (χ4n) is 1.43.